The molecule has 0 saturated heterocycles. The maximum absolute atomic E-state index is 3.62. The van der Waals surface area contributed by atoms with E-state index in [1.807, 2.05) is 0 Å². The summed E-state index contributed by atoms with van der Waals surface area (Å²) in [7, 11) is 0. The average Bonchev–Trinajstić information content (AvgIpc) is 2.18. The van der Waals surface area contributed by atoms with Crippen LogP contribution in [0.25, 0.3) is 0 Å². The van der Waals surface area contributed by atoms with Gasteiger partial charge in [-0.3, -0.25) is 0 Å². The average molecular weight is 312 g/mol. The van der Waals surface area contributed by atoms with Crippen LogP contribution < -0.4 is 5.32 Å². The fraction of sp³-hybridized carbons (Fsp3) is 1.00. The quantitative estimate of drug-likeness (QED) is 0.547. The highest BCUT2D eigenvalue weighted by Crippen LogP contribution is 2.04. The molecule has 1 N–H and O–H groups in total. The lowest BCUT2D eigenvalue weighted by molar-refractivity contribution is 0.291. The summed E-state index contributed by atoms with van der Waals surface area (Å²) in [6, 6.07) is 0.672. The minimum atomic E-state index is 0.672. The molecule has 86 valence electrons. The zero-order valence-corrected chi connectivity index (χ0v) is 12.2. The van der Waals surface area contributed by atoms with Crippen LogP contribution in [0.3, 0.4) is 0 Å². The number of hydrogen-bond acceptors (Lipinski definition) is 2. The van der Waals surface area contributed by atoms with Gasteiger partial charge in [0.15, 0.2) is 0 Å². The van der Waals surface area contributed by atoms with Gasteiger partial charge in [0.1, 0.15) is 0 Å². The van der Waals surface area contributed by atoms with Crippen molar-refractivity contribution in [2.75, 3.05) is 30.6 Å². The Balaban J connectivity index is 3.59. The fourth-order valence-electron chi connectivity index (χ4n) is 1.42. The van der Waals surface area contributed by atoms with Crippen molar-refractivity contribution in [1.29, 1.82) is 0 Å². The molecule has 1 atom stereocenters. The van der Waals surface area contributed by atoms with Crippen molar-refractivity contribution in [3.05, 3.63) is 0 Å². The molecule has 0 spiro atoms. The smallest absolute Gasteiger partial charge is 0.0180 e. The first-order valence-corrected chi connectivity index (χ1v) is 7.19. The summed E-state index contributed by atoms with van der Waals surface area (Å²) >= 11 is 2.46. The zero-order chi connectivity index (χ0) is 11.0. The summed E-state index contributed by atoms with van der Waals surface area (Å²) in [5, 5.41) is 3.62. The number of likely N-dealkylation sites (N-methyl/N-ethyl adjacent to an activating group) is 1. The Morgan fingerprint density at radius 3 is 2.14 bits per heavy atom. The van der Waals surface area contributed by atoms with E-state index >= 15 is 0 Å². The summed E-state index contributed by atoms with van der Waals surface area (Å²) < 4.78 is 1.20. The van der Waals surface area contributed by atoms with Crippen LogP contribution in [0.5, 0.6) is 0 Å². The van der Waals surface area contributed by atoms with Crippen molar-refractivity contribution < 1.29 is 0 Å². The van der Waals surface area contributed by atoms with E-state index in [2.05, 4.69) is 60.5 Å². The topological polar surface area (TPSA) is 15.3 Å². The molecule has 0 aromatic rings. The van der Waals surface area contributed by atoms with E-state index in [0.29, 0.717) is 6.04 Å². The van der Waals surface area contributed by atoms with Gasteiger partial charge in [0.2, 0.25) is 0 Å². The van der Waals surface area contributed by atoms with E-state index in [-0.39, 0.29) is 0 Å². The highest BCUT2D eigenvalue weighted by Gasteiger charge is 2.10. The molecule has 2 nitrogen and oxygen atoms in total. The van der Waals surface area contributed by atoms with Gasteiger partial charge in [-0.2, -0.15) is 0 Å². The summed E-state index contributed by atoms with van der Waals surface area (Å²) in [5.41, 5.74) is 0. The van der Waals surface area contributed by atoms with Crippen LogP contribution in [0, 0.1) is 5.92 Å². The van der Waals surface area contributed by atoms with Gasteiger partial charge in [-0.25, -0.2) is 0 Å². The first-order chi connectivity index (χ1) is 6.65. The molecule has 0 bridgehead atoms. The second kappa shape index (κ2) is 8.92. The van der Waals surface area contributed by atoms with Gasteiger partial charge in [0.25, 0.3) is 0 Å². The summed E-state index contributed by atoms with van der Waals surface area (Å²) in [6.07, 6.45) is 0. The molecule has 0 saturated carbocycles. The molecular weight excluding hydrogens is 287 g/mol. The Kier molecular flexibility index (Phi) is 9.33. The predicted molar refractivity (Wildman–Crippen MR) is 73.3 cm³/mol. The Morgan fingerprint density at radius 1 is 1.21 bits per heavy atom. The van der Waals surface area contributed by atoms with E-state index in [0.717, 1.165) is 25.6 Å². The number of halogens is 1. The van der Waals surface area contributed by atoms with Crippen LogP contribution >= 0.6 is 22.6 Å². The maximum atomic E-state index is 3.62. The third-order valence-corrected chi connectivity index (χ3v) is 3.65. The number of rotatable bonds is 8. The van der Waals surface area contributed by atoms with Crippen molar-refractivity contribution in [1.82, 2.24) is 10.2 Å². The second-order valence-corrected chi connectivity index (χ2v) is 4.87. The predicted octanol–water partition coefficient (Wildman–Crippen LogP) is 2.38. The fourth-order valence-corrected chi connectivity index (χ4v) is 2.74. The molecule has 0 radical (unpaired) electrons. The van der Waals surface area contributed by atoms with Gasteiger partial charge in [-0.1, -0.05) is 50.3 Å². The zero-order valence-electron chi connectivity index (χ0n) is 10.0. The molecular formula is C11H25IN2. The van der Waals surface area contributed by atoms with Gasteiger partial charge in [-0.15, -0.1) is 0 Å². The minimum Gasteiger partial charge on any atom is -0.312 e. The molecule has 3 heteroatoms. The highest BCUT2D eigenvalue weighted by atomic mass is 127. The van der Waals surface area contributed by atoms with Crippen LogP contribution in [-0.4, -0.2) is 41.5 Å². The van der Waals surface area contributed by atoms with Crippen molar-refractivity contribution in [3.8, 4) is 0 Å². The summed E-state index contributed by atoms with van der Waals surface area (Å²) in [5.74, 6) is 0.739. The normalized spacial score (nSPS) is 13.9. The maximum Gasteiger partial charge on any atom is 0.0180 e. The Bertz CT molecular complexity index is 124. The molecule has 0 fully saturated rings. The van der Waals surface area contributed by atoms with Crippen LogP contribution in [0.1, 0.15) is 27.7 Å². The Morgan fingerprint density at radius 2 is 1.79 bits per heavy atom. The van der Waals surface area contributed by atoms with Crippen molar-refractivity contribution >= 4 is 22.6 Å². The molecule has 14 heavy (non-hydrogen) atoms. The lowest BCUT2D eigenvalue weighted by atomic mass is 10.1. The van der Waals surface area contributed by atoms with Gasteiger partial charge < -0.3 is 10.2 Å². The Labute approximate surface area is 103 Å². The molecule has 0 heterocycles. The van der Waals surface area contributed by atoms with Gasteiger partial charge in [-0.05, 0) is 19.0 Å². The van der Waals surface area contributed by atoms with Crippen molar-refractivity contribution in [2.45, 2.75) is 33.7 Å². The number of hydrogen-bond donors (Lipinski definition) is 1. The Hall–Kier alpha value is 0.650. The molecule has 0 aromatic heterocycles. The standard InChI is InChI=1S/C11H25IN2/c1-5-14(6-2)8-7-13-11(9-12)10(3)4/h10-11,13H,5-9H2,1-4H3. The summed E-state index contributed by atoms with van der Waals surface area (Å²) in [4.78, 5) is 2.46. The van der Waals surface area contributed by atoms with Crippen LogP contribution in [0.15, 0.2) is 0 Å². The molecule has 0 aromatic carbocycles. The van der Waals surface area contributed by atoms with E-state index in [1.165, 1.54) is 11.0 Å². The van der Waals surface area contributed by atoms with E-state index in [1.54, 1.807) is 0 Å². The van der Waals surface area contributed by atoms with E-state index < -0.39 is 0 Å². The second-order valence-electron chi connectivity index (χ2n) is 3.99. The minimum absolute atomic E-state index is 0.672. The first-order valence-electron chi connectivity index (χ1n) is 5.67. The molecule has 1 unspecified atom stereocenters. The van der Waals surface area contributed by atoms with Crippen molar-refractivity contribution in [2.24, 2.45) is 5.92 Å². The third kappa shape index (κ3) is 6.19. The largest absolute Gasteiger partial charge is 0.312 e. The lowest BCUT2D eigenvalue weighted by Crippen LogP contribution is -2.40. The summed E-state index contributed by atoms with van der Waals surface area (Å²) in [6.45, 7) is 13.6. The number of nitrogens with one attached hydrogen (secondary N) is 1. The van der Waals surface area contributed by atoms with Crippen LogP contribution in [0.4, 0.5) is 0 Å². The monoisotopic (exact) mass is 312 g/mol. The molecule has 0 aliphatic carbocycles. The molecule has 0 rings (SSSR count). The first kappa shape index (κ1) is 14.6. The van der Waals surface area contributed by atoms with E-state index in [4.69, 9.17) is 0 Å². The molecule has 0 amide bonds. The third-order valence-electron chi connectivity index (χ3n) is 2.70. The number of nitrogens with zero attached hydrogens (tertiary/aromatic N) is 1. The van der Waals surface area contributed by atoms with Crippen LogP contribution in [0.2, 0.25) is 0 Å². The SMILES string of the molecule is CCN(CC)CCNC(CI)C(C)C. The van der Waals surface area contributed by atoms with Gasteiger partial charge >= 0.3 is 0 Å². The molecule has 0 aliphatic rings. The number of alkyl halides is 1. The lowest BCUT2D eigenvalue weighted by Gasteiger charge is -2.23. The van der Waals surface area contributed by atoms with Gasteiger partial charge in [0, 0.05) is 23.6 Å². The van der Waals surface area contributed by atoms with Crippen LogP contribution in [-0.2, 0) is 0 Å². The molecule has 0 aliphatic heterocycles. The van der Waals surface area contributed by atoms with Gasteiger partial charge in [0.05, 0.1) is 0 Å². The highest BCUT2D eigenvalue weighted by molar-refractivity contribution is 14.1. The van der Waals surface area contributed by atoms with Crippen molar-refractivity contribution in [3.63, 3.8) is 0 Å². The van der Waals surface area contributed by atoms with E-state index in [9.17, 15) is 0 Å².